The van der Waals surface area contributed by atoms with Crippen molar-refractivity contribution in [1.82, 2.24) is 0 Å². The Labute approximate surface area is 146 Å². The summed E-state index contributed by atoms with van der Waals surface area (Å²) >= 11 is 0. The molecule has 0 fully saturated rings. The monoisotopic (exact) mass is 320 g/mol. The maximum Gasteiger partial charge on any atom is 0.0612 e. The number of allylic oxidation sites excluding steroid dienone is 1. The lowest BCUT2D eigenvalue weighted by atomic mass is 9.86. The maximum atomic E-state index is 9.27. The fraction of sp³-hybridized carbons (Fsp3) is 0.391. The molecule has 0 saturated carbocycles. The van der Waals surface area contributed by atoms with Crippen LogP contribution in [0.4, 0.5) is 0 Å². The van der Waals surface area contributed by atoms with Gasteiger partial charge in [-0.15, -0.1) is 0 Å². The third-order valence-corrected chi connectivity index (χ3v) is 5.10. The molecule has 0 aromatic heterocycles. The van der Waals surface area contributed by atoms with E-state index >= 15 is 0 Å². The van der Waals surface area contributed by atoms with Gasteiger partial charge >= 0.3 is 0 Å². The zero-order valence-electron chi connectivity index (χ0n) is 14.7. The number of aliphatic hydroxyl groups excluding tert-OH is 1. The van der Waals surface area contributed by atoms with Crippen molar-refractivity contribution in [1.29, 1.82) is 0 Å². The minimum absolute atomic E-state index is 0.101. The Morgan fingerprint density at radius 2 is 1.79 bits per heavy atom. The minimum Gasteiger partial charge on any atom is -0.392 e. The molecule has 0 bridgehead atoms. The van der Waals surface area contributed by atoms with E-state index in [2.05, 4.69) is 55.5 Å². The van der Waals surface area contributed by atoms with Crippen molar-refractivity contribution in [3.05, 3.63) is 82.4 Å². The second kappa shape index (κ2) is 8.30. The van der Waals surface area contributed by atoms with Gasteiger partial charge in [-0.1, -0.05) is 74.4 Å². The summed E-state index contributed by atoms with van der Waals surface area (Å²) in [7, 11) is 0. The van der Waals surface area contributed by atoms with Gasteiger partial charge in [0.15, 0.2) is 0 Å². The van der Waals surface area contributed by atoms with E-state index in [0.717, 1.165) is 12.8 Å². The first kappa shape index (κ1) is 17.0. The van der Waals surface area contributed by atoms with E-state index in [0.29, 0.717) is 0 Å². The van der Waals surface area contributed by atoms with Crippen LogP contribution < -0.4 is 0 Å². The van der Waals surface area contributed by atoms with Crippen LogP contribution in [0, 0.1) is 0 Å². The van der Waals surface area contributed by atoms with Gasteiger partial charge in [0.05, 0.1) is 6.61 Å². The Balaban J connectivity index is 2.00. The molecule has 2 aromatic rings. The molecule has 1 nitrogen and oxygen atoms in total. The highest BCUT2D eigenvalue weighted by atomic mass is 16.2. The Kier molecular flexibility index (Phi) is 5.87. The van der Waals surface area contributed by atoms with E-state index < -0.39 is 0 Å². The van der Waals surface area contributed by atoms with Gasteiger partial charge in [0.25, 0.3) is 0 Å². The molecule has 0 heterocycles. The van der Waals surface area contributed by atoms with Crippen LogP contribution in [-0.4, -0.2) is 11.7 Å². The summed E-state index contributed by atoms with van der Waals surface area (Å²) < 4.78 is 0. The zero-order valence-corrected chi connectivity index (χ0v) is 14.7. The number of aliphatic hydroxyl groups is 1. The summed E-state index contributed by atoms with van der Waals surface area (Å²) in [6.45, 7) is 2.36. The van der Waals surface area contributed by atoms with E-state index in [1.165, 1.54) is 53.5 Å². The highest BCUT2D eigenvalue weighted by Crippen LogP contribution is 2.36. The molecule has 3 rings (SSSR count). The Morgan fingerprint density at radius 1 is 1.00 bits per heavy atom. The standard InChI is InChI=1S/C23H28O/c1-2-3-4-8-18-12-13-20-15-14-19-9-5-6-10-21(19)22(11-7-16-24)23(20)17-18/h5-7,9-13,17,22,24H,2-4,8,14-16H2,1H3/b11-7-. The normalized spacial score (nSPS) is 16.7. The number of rotatable bonds is 6. The highest BCUT2D eigenvalue weighted by molar-refractivity contribution is 5.49. The number of fused-ring (bicyclic) bond motifs is 2. The first-order valence-corrected chi connectivity index (χ1v) is 9.30. The average molecular weight is 320 g/mol. The minimum atomic E-state index is 0.101. The summed E-state index contributed by atoms with van der Waals surface area (Å²) in [6.07, 6.45) is 11.3. The maximum absolute atomic E-state index is 9.27. The Morgan fingerprint density at radius 3 is 2.58 bits per heavy atom. The summed E-state index contributed by atoms with van der Waals surface area (Å²) in [4.78, 5) is 0. The van der Waals surface area contributed by atoms with Crippen molar-refractivity contribution >= 4 is 0 Å². The number of hydrogen-bond donors (Lipinski definition) is 1. The van der Waals surface area contributed by atoms with Crippen LogP contribution in [0.2, 0.25) is 0 Å². The van der Waals surface area contributed by atoms with E-state index in [1.807, 2.05) is 6.08 Å². The van der Waals surface area contributed by atoms with Gasteiger partial charge in [0.2, 0.25) is 0 Å². The number of hydrogen-bond acceptors (Lipinski definition) is 1. The highest BCUT2D eigenvalue weighted by Gasteiger charge is 2.21. The lowest BCUT2D eigenvalue weighted by molar-refractivity contribution is 0.342. The average Bonchev–Trinajstić information content (AvgIpc) is 2.77. The zero-order chi connectivity index (χ0) is 16.8. The van der Waals surface area contributed by atoms with E-state index in [4.69, 9.17) is 0 Å². The SMILES string of the molecule is CCCCCc1ccc2c(c1)C(/C=C\CO)c1ccccc1CC2. The molecular weight excluding hydrogens is 292 g/mol. The van der Waals surface area contributed by atoms with Crippen molar-refractivity contribution in [2.45, 2.75) is 51.4 Å². The lowest BCUT2D eigenvalue weighted by Crippen LogP contribution is -2.02. The van der Waals surface area contributed by atoms with Crippen LogP contribution in [0.25, 0.3) is 0 Å². The third kappa shape index (κ3) is 3.79. The molecule has 1 unspecified atom stereocenters. The molecule has 1 heteroatoms. The molecule has 1 N–H and O–H groups in total. The van der Waals surface area contributed by atoms with Gasteiger partial charge < -0.3 is 5.11 Å². The summed E-state index contributed by atoms with van der Waals surface area (Å²) in [5.74, 6) is 0.261. The topological polar surface area (TPSA) is 20.2 Å². The smallest absolute Gasteiger partial charge is 0.0612 e. The van der Waals surface area contributed by atoms with Gasteiger partial charge in [-0.05, 0) is 53.5 Å². The number of aryl methyl sites for hydroxylation is 3. The first-order valence-electron chi connectivity index (χ1n) is 9.30. The lowest BCUT2D eigenvalue weighted by Gasteiger charge is -2.18. The van der Waals surface area contributed by atoms with Crippen LogP contribution >= 0.6 is 0 Å². The van der Waals surface area contributed by atoms with Gasteiger partial charge in [-0.25, -0.2) is 0 Å². The van der Waals surface area contributed by atoms with Gasteiger partial charge in [-0.3, -0.25) is 0 Å². The van der Waals surface area contributed by atoms with Crippen LogP contribution in [0.5, 0.6) is 0 Å². The van der Waals surface area contributed by atoms with E-state index in [-0.39, 0.29) is 12.5 Å². The molecule has 0 saturated heterocycles. The molecule has 2 aromatic carbocycles. The fourth-order valence-corrected chi connectivity index (χ4v) is 3.80. The largest absolute Gasteiger partial charge is 0.392 e. The molecule has 24 heavy (non-hydrogen) atoms. The first-order chi connectivity index (χ1) is 11.8. The second-order valence-electron chi connectivity index (χ2n) is 6.78. The summed E-state index contributed by atoms with van der Waals surface area (Å²) in [6, 6.07) is 15.8. The van der Waals surface area contributed by atoms with Crippen molar-refractivity contribution in [3.8, 4) is 0 Å². The van der Waals surface area contributed by atoms with Gasteiger partial charge in [0, 0.05) is 5.92 Å². The fourth-order valence-electron chi connectivity index (χ4n) is 3.80. The molecule has 1 aliphatic rings. The predicted molar refractivity (Wildman–Crippen MR) is 102 cm³/mol. The number of unbranched alkanes of at least 4 members (excludes halogenated alkanes) is 2. The van der Waals surface area contributed by atoms with E-state index in [1.54, 1.807) is 0 Å². The number of benzene rings is 2. The molecule has 0 spiro atoms. The third-order valence-electron chi connectivity index (χ3n) is 5.10. The quantitative estimate of drug-likeness (QED) is 0.573. The van der Waals surface area contributed by atoms with Gasteiger partial charge in [-0.2, -0.15) is 0 Å². The molecule has 0 radical (unpaired) electrons. The molecule has 0 amide bonds. The molecule has 1 atom stereocenters. The van der Waals surface area contributed by atoms with Crippen molar-refractivity contribution in [3.63, 3.8) is 0 Å². The summed E-state index contributed by atoms with van der Waals surface area (Å²) in [5, 5.41) is 9.27. The van der Waals surface area contributed by atoms with E-state index in [9.17, 15) is 5.11 Å². The predicted octanol–water partition coefficient (Wildman–Crippen LogP) is 5.20. The van der Waals surface area contributed by atoms with Crippen molar-refractivity contribution < 1.29 is 5.11 Å². The molecule has 1 aliphatic carbocycles. The molecular formula is C23H28O. The van der Waals surface area contributed by atoms with Gasteiger partial charge in [0.1, 0.15) is 0 Å². The van der Waals surface area contributed by atoms with Crippen LogP contribution in [-0.2, 0) is 19.3 Å². The van der Waals surface area contributed by atoms with Crippen LogP contribution in [0.1, 0.15) is 59.9 Å². The summed E-state index contributed by atoms with van der Waals surface area (Å²) in [5.41, 5.74) is 7.17. The Bertz CT molecular complexity index is 699. The van der Waals surface area contributed by atoms with Crippen LogP contribution in [0.15, 0.2) is 54.6 Å². The van der Waals surface area contributed by atoms with Crippen molar-refractivity contribution in [2.75, 3.05) is 6.61 Å². The molecule has 126 valence electrons. The Hall–Kier alpha value is -1.86. The molecule has 0 aliphatic heterocycles. The second-order valence-corrected chi connectivity index (χ2v) is 6.78. The van der Waals surface area contributed by atoms with Crippen LogP contribution in [0.3, 0.4) is 0 Å². The van der Waals surface area contributed by atoms with Crippen molar-refractivity contribution in [2.24, 2.45) is 0 Å².